The summed E-state index contributed by atoms with van der Waals surface area (Å²) in [5, 5.41) is 0. The van der Waals surface area contributed by atoms with Crippen molar-refractivity contribution in [1.82, 2.24) is 29.9 Å². The molecular formula is C63H54N6O. The highest BCUT2D eigenvalue weighted by Gasteiger charge is 2.25. The van der Waals surface area contributed by atoms with Crippen molar-refractivity contribution in [2.75, 3.05) is 0 Å². The topological polar surface area (TPSA) is 94.4 Å². The van der Waals surface area contributed by atoms with Crippen LogP contribution in [0.2, 0.25) is 0 Å². The number of hydrogen-bond acceptors (Lipinski definition) is 7. The fourth-order valence-corrected chi connectivity index (χ4v) is 9.74. The van der Waals surface area contributed by atoms with Gasteiger partial charge in [0.05, 0.1) is 0 Å². The number of aryl methyl sites for hydroxylation is 8. The highest BCUT2D eigenvalue weighted by atomic mass is 16.1. The van der Waals surface area contributed by atoms with E-state index in [0.717, 1.165) is 73.2 Å². The maximum atomic E-state index is 15.3. The van der Waals surface area contributed by atoms with Crippen molar-refractivity contribution < 1.29 is 4.79 Å². The Hall–Kier alpha value is -8.29. The van der Waals surface area contributed by atoms with Crippen molar-refractivity contribution in [3.05, 3.63) is 225 Å². The van der Waals surface area contributed by atoms with Crippen LogP contribution in [0.3, 0.4) is 0 Å². The zero-order valence-electron chi connectivity index (χ0n) is 41.0. The molecule has 0 saturated heterocycles. The molecule has 7 nitrogen and oxygen atoms in total. The molecule has 0 fully saturated rings. The Morgan fingerprint density at radius 1 is 0.343 bits per heavy atom. The third kappa shape index (κ3) is 9.97. The lowest BCUT2D eigenvalue weighted by molar-refractivity contribution is 0.101. The van der Waals surface area contributed by atoms with Gasteiger partial charge in [-0.15, -0.1) is 0 Å². The van der Waals surface area contributed by atoms with Gasteiger partial charge in [0.15, 0.2) is 23.3 Å². The number of allylic oxidation sites excluding steroid dienone is 4. The van der Waals surface area contributed by atoms with E-state index in [9.17, 15) is 0 Å². The number of hydrogen-bond donors (Lipinski definition) is 0. The molecule has 10 rings (SSSR count). The number of aromatic nitrogens is 6. The van der Waals surface area contributed by atoms with Gasteiger partial charge in [-0.1, -0.05) is 178 Å². The summed E-state index contributed by atoms with van der Waals surface area (Å²) in [5.74, 6) is 0.926. The molecule has 0 radical (unpaired) electrons. The highest BCUT2D eigenvalue weighted by Crippen LogP contribution is 2.34. The SMILES string of the molecule is Cc1cc(C)cc(C2=CCCC(c3nc(C(=O)c4nc(-c5cccc(-c6cc(C)cc(C)c6)c5)nc(-c5cccc(-c6cc(C)cc(C)c6)c5)n4)nc(-c4cccc(-c5cc(C)cc(C)c5)c4)n3)=C2)c1. The maximum Gasteiger partial charge on any atom is 0.267 e. The Balaban J connectivity index is 1.14. The average molecular weight is 911 g/mol. The second kappa shape index (κ2) is 19.0. The van der Waals surface area contributed by atoms with E-state index >= 15 is 4.79 Å². The van der Waals surface area contributed by atoms with Crippen LogP contribution in [0.1, 0.15) is 85.2 Å². The van der Waals surface area contributed by atoms with Crippen molar-refractivity contribution in [3.63, 3.8) is 0 Å². The molecule has 0 amide bonds. The molecule has 0 atom stereocenters. The summed E-state index contributed by atoms with van der Waals surface area (Å²) in [6.45, 7) is 16.9. The van der Waals surface area contributed by atoms with Gasteiger partial charge in [-0.05, 0) is 143 Å². The minimum absolute atomic E-state index is 0.0451. The number of benzene rings is 7. The van der Waals surface area contributed by atoms with E-state index < -0.39 is 5.78 Å². The van der Waals surface area contributed by atoms with E-state index in [1.807, 2.05) is 36.4 Å². The number of nitrogens with zero attached hydrogens (tertiary/aromatic N) is 6. The van der Waals surface area contributed by atoms with Gasteiger partial charge in [-0.25, -0.2) is 29.9 Å². The summed E-state index contributed by atoms with van der Waals surface area (Å²) >= 11 is 0. The number of rotatable bonds is 10. The first-order valence-corrected chi connectivity index (χ1v) is 23.9. The molecule has 2 heterocycles. The van der Waals surface area contributed by atoms with E-state index in [1.165, 1.54) is 44.5 Å². The average Bonchev–Trinajstić information content (AvgIpc) is 3.35. The van der Waals surface area contributed by atoms with Gasteiger partial charge in [0.25, 0.3) is 5.78 Å². The fraction of sp³-hybridized carbons (Fsp3) is 0.159. The molecule has 1 aliphatic rings. The third-order valence-electron chi connectivity index (χ3n) is 12.7. The molecule has 70 heavy (non-hydrogen) atoms. The van der Waals surface area contributed by atoms with Crippen LogP contribution in [0.15, 0.2) is 158 Å². The molecule has 7 aromatic carbocycles. The summed E-state index contributed by atoms with van der Waals surface area (Å²) in [7, 11) is 0. The molecule has 2 aromatic heterocycles. The van der Waals surface area contributed by atoms with Crippen molar-refractivity contribution >= 4 is 16.9 Å². The molecule has 0 N–H and O–H groups in total. The molecule has 9 aromatic rings. The third-order valence-corrected chi connectivity index (χ3v) is 12.7. The molecule has 1 aliphatic carbocycles. The lowest BCUT2D eigenvalue weighted by atomic mass is 9.92. The molecule has 7 heteroatoms. The Bertz CT molecular complexity index is 3420. The normalized spacial score (nSPS) is 12.4. The van der Waals surface area contributed by atoms with Gasteiger partial charge in [0, 0.05) is 16.7 Å². The maximum absolute atomic E-state index is 15.3. The van der Waals surface area contributed by atoms with Crippen LogP contribution in [-0.4, -0.2) is 35.7 Å². The van der Waals surface area contributed by atoms with Crippen LogP contribution in [0.5, 0.6) is 0 Å². The molecule has 0 saturated carbocycles. The Morgan fingerprint density at radius 3 is 1.03 bits per heavy atom. The van der Waals surface area contributed by atoms with Crippen molar-refractivity contribution in [1.29, 1.82) is 0 Å². The zero-order chi connectivity index (χ0) is 48.6. The second-order valence-corrected chi connectivity index (χ2v) is 19.1. The van der Waals surface area contributed by atoms with E-state index in [0.29, 0.717) is 29.7 Å². The molecule has 342 valence electrons. The first-order valence-electron chi connectivity index (χ1n) is 23.9. The lowest BCUT2D eigenvalue weighted by Gasteiger charge is -2.16. The number of carbonyl (C=O) groups is 1. The fourth-order valence-electron chi connectivity index (χ4n) is 9.74. The quantitative estimate of drug-likeness (QED) is 0.126. The first kappa shape index (κ1) is 45.5. The van der Waals surface area contributed by atoms with Gasteiger partial charge < -0.3 is 0 Å². The van der Waals surface area contributed by atoms with Gasteiger partial charge in [0.2, 0.25) is 11.6 Å². The molecule has 0 bridgehead atoms. The Labute approximate surface area is 410 Å². The van der Waals surface area contributed by atoms with Crippen LogP contribution < -0.4 is 0 Å². The molecular weight excluding hydrogens is 857 g/mol. The summed E-state index contributed by atoms with van der Waals surface area (Å²) in [4.78, 5) is 45.5. The molecule has 0 spiro atoms. The van der Waals surface area contributed by atoms with Crippen LogP contribution in [-0.2, 0) is 0 Å². The molecule has 0 aliphatic heterocycles. The second-order valence-electron chi connectivity index (χ2n) is 19.1. The predicted octanol–water partition coefficient (Wildman–Crippen LogP) is 15.0. The van der Waals surface area contributed by atoms with Crippen LogP contribution in [0.4, 0.5) is 0 Å². The summed E-state index contributed by atoms with van der Waals surface area (Å²) in [5.41, 5.74) is 21.2. The van der Waals surface area contributed by atoms with Crippen LogP contribution in [0.25, 0.3) is 78.7 Å². The number of carbonyl (C=O) groups excluding carboxylic acids is 1. The predicted molar refractivity (Wildman–Crippen MR) is 285 cm³/mol. The standard InChI is InChI=1S/C63H54N6O/c1-37-21-38(2)26-53(25-37)45-13-9-17-49(33-45)58-64-59(50-18-10-14-46(34-50)54-27-39(3)22-40(4)28-54)67-62(66-58)57(70)63-68-60(51-19-11-15-47(35-51)55-29-41(5)23-42(6)30-55)65-61(69-63)52-20-12-16-48(36-52)56-31-43(7)24-44(8)32-56/h9-11,13-19,21-36H,12,20H2,1-8H3. The zero-order valence-corrected chi connectivity index (χ0v) is 41.0. The van der Waals surface area contributed by atoms with Crippen molar-refractivity contribution in [3.8, 4) is 67.5 Å². The summed E-state index contributed by atoms with van der Waals surface area (Å²) in [6.07, 6.45) is 5.91. The lowest BCUT2D eigenvalue weighted by Crippen LogP contribution is -2.16. The van der Waals surface area contributed by atoms with E-state index in [2.05, 4.69) is 177 Å². The van der Waals surface area contributed by atoms with E-state index in [1.54, 1.807) is 0 Å². The largest absolute Gasteiger partial charge is 0.281 e. The van der Waals surface area contributed by atoms with Crippen molar-refractivity contribution in [2.45, 2.75) is 68.2 Å². The van der Waals surface area contributed by atoms with Crippen LogP contribution in [0, 0.1) is 55.4 Å². The van der Waals surface area contributed by atoms with E-state index in [-0.39, 0.29) is 11.6 Å². The summed E-state index contributed by atoms with van der Waals surface area (Å²) in [6, 6.07) is 50.6. The van der Waals surface area contributed by atoms with E-state index in [4.69, 9.17) is 29.9 Å². The van der Waals surface area contributed by atoms with Crippen molar-refractivity contribution in [2.24, 2.45) is 0 Å². The van der Waals surface area contributed by atoms with Gasteiger partial charge in [0.1, 0.15) is 0 Å². The van der Waals surface area contributed by atoms with Gasteiger partial charge >= 0.3 is 0 Å². The molecule has 0 unspecified atom stereocenters. The highest BCUT2D eigenvalue weighted by molar-refractivity contribution is 6.04. The number of ketones is 1. The van der Waals surface area contributed by atoms with Gasteiger partial charge in [-0.2, -0.15) is 0 Å². The Kier molecular flexibility index (Phi) is 12.4. The minimum Gasteiger partial charge on any atom is -0.281 e. The smallest absolute Gasteiger partial charge is 0.267 e. The summed E-state index contributed by atoms with van der Waals surface area (Å²) < 4.78 is 0. The van der Waals surface area contributed by atoms with Gasteiger partial charge in [-0.3, -0.25) is 4.79 Å². The monoisotopic (exact) mass is 910 g/mol. The first-order chi connectivity index (χ1) is 33.8. The van der Waals surface area contributed by atoms with Crippen LogP contribution >= 0.6 is 0 Å². The minimum atomic E-state index is -0.530. The Morgan fingerprint density at radius 2 is 0.657 bits per heavy atom.